The number of hydrogen-bond acceptors (Lipinski definition) is 5. The van der Waals surface area contributed by atoms with Crippen molar-refractivity contribution < 1.29 is 4.79 Å². The first kappa shape index (κ1) is 18.2. The Hall–Kier alpha value is -2.15. The number of amides is 1. The first-order chi connectivity index (χ1) is 13.2. The van der Waals surface area contributed by atoms with Crippen LogP contribution < -0.4 is 21.1 Å². The van der Waals surface area contributed by atoms with Gasteiger partial charge < -0.3 is 10.2 Å². The van der Waals surface area contributed by atoms with Crippen molar-refractivity contribution in [2.24, 2.45) is 0 Å². The van der Waals surface area contributed by atoms with Crippen molar-refractivity contribution in [2.45, 2.75) is 37.9 Å². The minimum atomic E-state index is -0.272. The Bertz CT molecular complexity index is 791. The summed E-state index contributed by atoms with van der Waals surface area (Å²) < 4.78 is 0. The van der Waals surface area contributed by atoms with Crippen LogP contribution in [0.15, 0.2) is 42.6 Å². The Labute approximate surface area is 164 Å². The van der Waals surface area contributed by atoms with Gasteiger partial charge in [0.15, 0.2) is 0 Å². The zero-order valence-electron chi connectivity index (χ0n) is 15.1. The SMILES string of the molecule is O=C(NCc1ccc(N2CCCC2)nc1)C1CC(c2cccc(Cl)c2)NN1. The number of carbonyl (C=O) groups excluding carboxylic acids is 1. The Morgan fingerprint density at radius 3 is 2.81 bits per heavy atom. The van der Waals surface area contributed by atoms with Gasteiger partial charge in [0.25, 0.3) is 0 Å². The van der Waals surface area contributed by atoms with E-state index in [1.807, 2.05) is 42.6 Å². The molecule has 1 aromatic heterocycles. The number of rotatable bonds is 5. The van der Waals surface area contributed by atoms with Crippen molar-refractivity contribution >= 4 is 23.3 Å². The molecule has 2 saturated heterocycles. The monoisotopic (exact) mass is 385 g/mol. The molecule has 27 heavy (non-hydrogen) atoms. The molecular formula is C20H24ClN5O. The van der Waals surface area contributed by atoms with Gasteiger partial charge in [0.2, 0.25) is 5.91 Å². The molecule has 142 valence electrons. The number of halogens is 1. The number of aromatic nitrogens is 1. The molecule has 0 saturated carbocycles. The largest absolute Gasteiger partial charge is 0.357 e. The number of nitrogens with zero attached hydrogens (tertiary/aromatic N) is 2. The van der Waals surface area contributed by atoms with Crippen LogP contribution in [0.5, 0.6) is 0 Å². The highest BCUT2D eigenvalue weighted by Crippen LogP contribution is 2.24. The predicted octanol–water partition coefficient (Wildman–Crippen LogP) is 2.56. The van der Waals surface area contributed by atoms with E-state index in [0.717, 1.165) is 30.0 Å². The normalized spacial score (nSPS) is 22.2. The maximum atomic E-state index is 12.5. The smallest absolute Gasteiger partial charge is 0.238 e. The van der Waals surface area contributed by atoms with Crippen LogP contribution in [0.25, 0.3) is 0 Å². The fourth-order valence-electron chi connectivity index (χ4n) is 3.64. The van der Waals surface area contributed by atoms with Gasteiger partial charge >= 0.3 is 0 Å². The molecule has 2 unspecified atom stereocenters. The molecule has 3 N–H and O–H groups in total. The number of pyridine rings is 1. The molecule has 3 heterocycles. The molecule has 4 rings (SSSR count). The Morgan fingerprint density at radius 2 is 2.07 bits per heavy atom. The number of benzene rings is 1. The van der Waals surface area contributed by atoms with E-state index in [-0.39, 0.29) is 18.0 Å². The molecular weight excluding hydrogens is 362 g/mol. The third-order valence-corrected chi connectivity index (χ3v) is 5.41. The van der Waals surface area contributed by atoms with Crippen LogP contribution >= 0.6 is 11.6 Å². The van der Waals surface area contributed by atoms with E-state index < -0.39 is 0 Å². The van der Waals surface area contributed by atoms with Crippen molar-refractivity contribution in [3.05, 3.63) is 58.7 Å². The number of carbonyl (C=O) groups is 1. The zero-order chi connectivity index (χ0) is 18.6. The van der Waals surface area contributed by atoms with Gasteiger partial charge in [-0.3, -0.25) is 4.79 Å². The van der Waals surface area contributed by atoms with Gasteiger partial charge in [0, 0.05) is 36.9 Å². The molecule has 0 spiro atoms. The first-order valence-electron chi connectivity index (χ1n) is 9.43. The molecule has 1 amide bonds. The Kier molecular flexibility index (Phi) is 5.57. The molecule has 0 aliphatic carbocycles. The molecule has 2 atom stereocenters. The molecule has 0 bridgehead atoms. The van der Waals surface area contributed by atoms with E-state index in [1.165, 1.54) is 12.8 Å². The predicted molar refractivity (Wildman–Crippen MR) is 106 cm³/mol. The van der Waals surface area contributed by atoms with E-state index >= 15 is 0 Å². The molecule has 1 aromatic carbocycles. The topological polar surface area (TPSA) is 69.3 Å². The number of anilines is 1. The molecule has 2 aromatic rings. The van der Waals surface area contributed by atoms with E-state index in [1.54, 1.807) is 0 Å². The van der Waals surface area contributed by atoms with Crippen molar-refractivity contribution in [1.29, 1.82) is 0 Å². The van der Waals surface area contributed by atoms with Crippen molar-refractivity contribution in [3.8, 4) is 0 Å². The highest BCUT2D eigenvalue weighted by Gasteiger charge is 2.30. The van der Waals surface area contributed by atoms with Crippen LogP contribution in [-0.4, -0.2) is 30.0 Å². The molecule has 0 radical (unpaired) electrons. The molecule has 2 aliphatic heterocycles. The zero-order valence-corrected chi connectivity index (χ0v) is 15.9. The minimum absolute atomic E-state index is 0.0179. The third-order valence-electron chi connectivity index (χ3n) is 5.18. The van der Waals surface area contributed by atoms with Crippen molar-refractivity contribution in [3.63, 3.8) is 0 Å². The van der Waals surface area contributed by atoms with Crippen LogP contribution in [0.2, 0.25) is 5.02 Å². The van der Waals surface area contributed by atoms with E-state index in [2.05, 4.69) is 26.1 Å². The summed E-state index contributed by atoms with van der Waals surface area (Å²) >= 11 is 6.06. The van der Waals surface area contributed by atoms with Gasteiger partial charge in [-0.1, -0.05) is 29.8 Å². The first-order valence-corrected chi connectivity index (χ1v) is 9.81. The summed E-state index contributed by atoms with van der Waals surface area (Å²) in [4.78, 5) is 19.3. The quantitative estimate of drug-likeness (QED) is 0.738. The van der Waals surface area contributed by atoms with Gasteiger partial charge in [-0.2, -0.15) is 0 Å². The van der Waals surface area contributed by atoms with Crippen LogP contribution in [0.3, 0.4) is 0 Å². The van der Waals surface area contributed by atoms with E-state index in [9.17, 15) is 4.79 Å². The van der Waals surface area contributed by atoms with Gasteiger partial charge in [0.05, 0.1) is 0 Å². The Morgan fingerprint density at radius 1 is 1.22 bits per heavy atom. The lowest BCUT2D eigenvalue weighted by Crippen LogP contribution is -2.42. The highest BCUT2D eigenvalue weighted by molar-refractivity contribution is 6.30. The number of hydrogen-bond donors (Lipinski definition) is 3. The van der Waals surface area contributed by atoms with Gasteiger partial charge in [-0.25, -0.2) is 15.8 Å². The van der Waals surface area contributed by atoms with Crippen LogP contribution in [0.1, 0.15) is 36.4 Å². The van der Waals surface area contributed by atoms with Crippen molar-refractivity contribution in [1.82, 2.24) is 21.2 Å². The number of nitrogens with one attached hydrogen (secondary N) is 3. The third kappa shape index (κ3) is 4.40. The van der Waals surface area contributed by atoms with E-state index in [4.69, 9.17) is 11.6 Å². The molecule has 2 aliphatic rings. The van der Waals surface area contributed by atoms with Gasteiger partial charge in [-0.15, -0.1) is 0 Å². The molecule has 6 nitrogen and oxygen atoms in total. The molecule has 2 fully saturated rings. The minimum Gasteiger partial charge on any atom is -0.357 e. The lowest BCUT2D eigenvalue weighted by molar-refractivity contribution is -0.123. The lowest BCUT2D eigenvalue weighted by atomic mass is 10.0. The summed E-state index contributed by atoms with van der Waals surface area (Å²) in [7, 11) is 0. The summed E-state index contributed by atoms with van der Waals surface area (Å²) in [6, 6.07) is 11.6. The second kappa shape index (κ2) is 8.25. The highest BCUT2D eigenvalue weighted by atomic mass is 35.5. The van der Waals surface area contributed by atoms with Crippen LogP contribution in [0, 0.1) is 0 Å². The van der Waals surface area contributed by atoms with Crippen molar-refractivity contribution in [2.75, 3.05) is 18.0 Å². The summed E-state index contributed by atoms with van der Waals surface area (Å²) in [6.07, 6.45) is 5.00. The second-order valence-electron chi connectivity index (χ2n) is 7.12. The lowest BCUT2D eigenvalue weighted by Gasteiger charge is -2.16. The maximum absolute atomic E-state index is 12.5. The van der Waals surface area contributed by atoms with Gasteiger partial charge in [-0.05, 0) is 48.6 Å². The fourth-order valence-corrected chi connectivity index (χ4v) is 3.84. The Balaban J connectivity index is 1.28. The van der Waals surface area contributed by atoms with Crippen LogP contribution in [-0.2, 0) is 11.3 Å². The number of hydrazine groups is 1. The van der Waals surface area contributed by atoms with Crippen LogP contribution in [0.4, 0.5) is 5.82 Å². The molecule has 7 heteroatoms. The average Bonchev–Trinajstić information content (AvgIpc) is 3.38. The summed E-state index contributed by atoms with van der Waals surface area (Å²) in [5, 5.41) is 3.69. The second-order valence-corrected chi connectivity index (χ2v) is 7.56. The standard InChI is InChI=1S/C20H24ClN5O/c21-16-5-3-4-15(10-16)17-11-18(25-24-17)20(27)23-13-14-6-7-19(22-12-14)26-8-1-2-9-26/h3-7,10,12,17-18,24-25H,1-2,8-9,11,13H2,(H,23,27). The fraction of sp³-hybridized carbons (Fsp3) is 0.400. The summed E-state index contributed by atoms with van der Waals surface area (Å²) in [6.45, 7) is 2.64. The average molecular weight is 386 g/mol. The maximum Gasteiger partial charge on any atom is 0.238 e. The van der Waals surface area contributed by atoms with E-state index in [0.29, 0.717) is 18.0 Å². The van der Waals surface area contributed by atoms with Gasteiger partial charge in [0.1, 0.15) is 11.9 Å². The summed E-state index contributed by atoms with van der Waals surface area (Å²) in [5.74, 6) is 1.00. The summed E-state index contributed by atoms with van der Waals surface area (Å²) in [5.41, 5.74) is 8.34.